The maximum atomic E-state index is 6.32. The molecular weight excluding hydrogens is 374 g/mol. The predicted octanol–water partition coefficient (Wildman–Crippen LogP) is 3.81. The topological polar surface area (TPSA) is 37.0 Å². The molecule has 2 heterocycles. The summed E-state index contributed by atoms with van der Waals surface area (Å²) in [4.78, 5) is 5.06. The van der Waals surface area contributed by atoms with Gasteiger partial charge in [-0.15, -0.1) is 0 Å². The maximum absolute atomic E-state index is 6.32. The Kier molecular flexibility index (Phi) is 5.82. The van der Waals surface area contributed by atoms with E-state index in [1.54, 1.807) is 7.11 Å². The molecule has 2 aromatic carbocycles. The summed E-state index contributed by atoms with van der Waals surface area (Å²) in [7, 11) is 1.73. The molecule has 3 aliphatic rings. The van der Waals surface area contributed by atoms with Crippen molar-refractivity contribution in [3.05, 3.63) is 53.6 Å². The van der Waals surface area contributed by atoms with Gasteiger partial charge in [0, 0.05) is 57.1 Å². The van der Waals surface area contributed by atoms with Crippen LogP contribution in [0.1, 0.15) is 36.8 Å². The quantitative estimate of drug-likeness (QED) is 0.788. The zero-order valence-electron chi connectivity index (χ0n) is 18.0. The lowest BCUT2D eigenvalue weighted by molar-refractivity contribution is 0.201. The lowest BCUT2D eigenvalue weighted by Crippen LogP contribution is -2.54. The highest BCUT2D eigenvalue weighted by Crippen LogP contribution is 2.35. The lowest BCUT2D eigenvalue weighted by atomic mass is 10.1. The van der Waals surface area contributed by atoms with Crippen LogP contribution in [0.2, 0.25) is 0 Å². The van der Waals surface area contributed by atoms with Gasteiger partial charge < -0.3 is 19.7 Å². The monoisotopic (exact) mass is 407 g/mol. The van der Waals surface area contributed by atoms with E-state index in [1.165, 1.54) is 29.7 Å². The van der Waals surface area contributed by atoms with Crippen LogP contribution in [0.4, 0.5) is 5.69 Å². The van der Waals surface area contributed by atoms with E-state index >= 15 is 0 Å². The number of ether oxygens (including phenoxy) is 2. The molecule has 30 heavy (non-hydrogen) atoms. The van der Waals surface area contributed by atoms with Crippen molar-refractivity contribution in [1.82, 2.24) is 10.2 Å². The summed E-state index contributed by atoms with van der Waals surface area (Å²) in [5.41, 5.74) is 4.20. The van der Waals surface area contributed by atoms with E-state index in [2.05, 4.69) is 57.6 Å². The Morgan fingerprint density at radius 3 is 2.50 bits per heavy atom. The molecule has 1 saturated heterocycles. The van der Waals surface area contributed by atoms with Gasteiger partial charge in [-0.25, -0.2) is 0 Å². The second-order valence-electron chi connectivity index (χ2n) is 8.89. The Balaban J connectivity index is 1.24. The summed E-state index contributed by atoms with van der Waals surface area (Å²) in [6.45, 7) is 6.25. The fraction of sp³-hybridized carbons (Fsp3) is 0.520. The number of piperazine rings is 1. The van der Waals surface area contributed by atoms with Crippen molar-refractivity contribution in [2.75, 3.05) is 38.2 Å². The average Bonchev–Trinajstić information content (AvgIpc) is 3.43. The van der Waals surface area contributed by atoms with Crippen LogP contribution >= 0.6 is 0 Å². The van der Waals surface area contributed by atoms with Crippen molar-refractivity contribution in [1.29, 1.82) is 0 Å². The minimum atomic E-state index is 0.335. The summed E-state index contributed by atoms with van der Waals surface area (Å²) in [5, 5.41) is 3.73. The number of benzene rings is 2. The van der Waals surface area contributed by atoms with Crippen LogP contribution in [-0.4, -0.2) is 50.3 Å². The molecule has 5 nitrogen and oxygen atoms in total. The first-order valence-corrected chi connectivity index (χ1v) is 11.4. The SMILES string of the molecule is COc1ccc(N2CCNC(CN3Cc4ccccc4C3)C2)cc1OC1CCCC1. The van der Waals surface area contributed by atoms with E-state index in [9.17, 15) is 0 Å². The molecular formula is C25H33N3O2. The molecule has 1 atom stereocenters. The third kappa shape index (κ3) is 4.28. The molecule has 2 fully saturated rings. The van der Waals surface area contributed by atoms with Crippen LogP contribution in [-0.2, 0) is 13.1 Å². The third-order valence-corrected chi connectivity index (χ3v) is 6.75. The van der Waals surface area contributed by atoms with E-state index in [-0.39, 0.29) is 0 Å². The van der Waals surface area contributed by atoms with Crippen molar-refractivity contribution in [2.45, 2.75) is 50.9 Å². The van der Waals surface area contributed by atoms with Gasteiger partial charge in [0.2, 0.25) is 0 Å². The average molecular weight is 408 g/mol. The van der Waals surface area contributed by atoms with Gasteiger partial charge in [0.15, 0.2) is 11.5 Å². The van der Waals surface area contributed by atoms with Gasteiger partial charge in [0.05, 0.1) is 13.2 Å². The fourth-order valence-corrected chi connectivity index (χ4v) is 5.17. The second kappa shape index (κ2) is 8.86. The summed E-state index contributed by atoms with van der Waals surface area (Å²) in [5.74, 6) is 1.74. The third-order valence-electron chi connectivity index (χ3n) is 6.75. The van der Waals surface area contributed by atoms with Gasteiger partial charge >= 0.3 is 0 Å². The van der Waals surface area contributed by atoms with Gasteiger partial charge in [-0.3, -0.25) is 4.90 Å². The maximum Gasteiger partial charge on any atom is 0.163 e. The molecule has 0 spiro atoms. The number of anilines is 1. The Hall–Kier alpha value is -2.24. The largest absolute Gasteiger partial charge is 0.493 e. The molecule has 1 unspecified atom stereocenters. The zero-order chi connectivity index (χ0) is 20.3. The van der Waals surface area contributed by atoms with E-state index in [0.29, 0.717) is 12.1 Å². The van der Waals surface area contributed by atoms with Gasteiger partial charge in [-0.2, -0.15) is 0 Å². The smallest absolute Gasteiger partial charge is 0.163 e. The molecule has 0 amide bonds. The van der Waals surface area contributed by atoms with Crippen molar-refractivity contribution in [3.8, 4) is 11.5 Å². The number of nitrogens with zero attached hydrogens (tertiary/aromatic N) is 2. The van der Waals surface area contributed by atoms with Crippen LogP contribution in [0.25, 0.3) is 0 Å². The number of hydrogen-bond donors (Lipinski definition) is 1. The molecule has 1 saturated carbocycles. The minimum Gasteiger partial charge on any atom is -0.493 e. The predicted molar refractivity (Wildman–Crippen MR) is 120 cm³/mol. The van der Waals surface area contributed by atoms with Crippen LogP contribution in [0.5, 0.6) is 11.5 Å². The molecule has 0 bridgehead atoms. The lowest BCUT2D eigenvalue weighted by Gasteiger charge is -2.37. The first-order valence-electron chi connectivity index (χ1n) is 11.4. The number of fused-ring (bicyclic) bond motifs is 1. The van der Waals surface area contributed by atoms with Crippen molar-refractivity contribution in [2.24, 2.45) is 0 Å². The fourth-order valence-electron chi connectivity index (χ4n) is 5.17. The van der Waals surface area contributed by atoms with Gasteiger partial charge in [-0.1, -0.05) is 24.3 Å². The molecule has 1 N–H and O–H groups in total. The molecule has 1 aliphatic carbocycles. The molecule has 0 radical (unpaired) electrons. The van der Waals surface area contributed by atoms with Crippen molar-refractivity contribution >= 4 is 5.69 Å². The Morgan fingerprint density at radius 2 is 1.77 bits per heavy atom. The summed E-state index contributed by atoms with van der Waals surface area (Å²) in [6.07, 6.45) is 5.18. The minimum absolute atomic E-state index is 0.335. The number of methoxy groups -OCH3 is 1. The van der Waals surface area contributed by atoms with Crippen LogP contribution in [0, 0.1) is 0 Å². The standard InChI is InChI=1S/C25H33N3O2/c1-29-24-11-10-22(14-25(24)30-23-8-4-5-9-23)28-13-12-26-21(18-28)17-27-15-19-6-2-3-7-20(19)16-27/h2-3,6-7,10-11,14,21,23,26H,4-5,8-9,12-13,15-18H2,1H3. The second-order valence-corrected chi connectivity index (χ2v) is 8.89. The zero-order valence-corrected chi connectivity index (χ0v) is 18.0. The van der Waals surface area contributed by atoms with Gasteiger partial charge in [0.25, 0.3) is 0 Å². The highest BCUT2D eigenvalue weighted by atomic mass is 16.5. The van der Waals surface area contributed by atoms with Crippen molar-refractivity contribution in [3.63, 3.8) is 0 Å². The highest BCUT2D eigenvalue weighted by molar-refractivity contribution is 5.57. The summed E-state index contributed by atoms with van der Waals surface area (Å²) in [6, 6.07) is 15.7. The summed E-state index contributed by atoms with van der Waals surface area (Å²) >= 11 is 0. The Labute approximate surface area is 180 Å². The van der Waals surface area contributed by atoms with Gasteiger partial charge in [-0.05, 0) is 48.9 Å². The van der Waals surface area contributed by atoms with E-state index in [1.807, 2.05) is 0 Å². The van der Waals surface area contributed by atoms with Crippen LogP contribution < -0.4 is 19.7 Å². The van der Waals surface area contributed by atoms with E-state index in [0.717, 1.165) is 63.6 Å². The first-order chi connectivity index (χ1) is 14.8. The highest BCUT2D eigenvalue weighted by Gasteiger charge is 2.26. The molecule has 2 aliphatic heterocycles. The Bertz CT molecular complexity index is 840. The number of nitrogens with one attached hydrogen (secondary N) is 1. The van der Waals surface area contributed by atoms with Crippen molar-refractivity contribution < 1.29 is 9.47 Å². The number of hydrogen-bond acceptors (Lipinski definition) is 5. The normalized spacial score (nSPS) is 22.3. The molecule has 0 aromatic heterocycles. The summed E-state index contributed by atoms with van der Waals surface area (Å²) < 4.78 is 11.9. The van der Waals surface area contributed by atoms with Crippen LogP contribution in [0.15, 0.2) is 42.5 Å². The first kappa shape index (κ1) is 19.7. The van der Waals surface area contributed by atoms with E-state index in [4.69, 9.17) is 9.47 Å². The molecule has 2 aromatic rings. The molecule has 5 rings (SSSR count). The van der Waals surface area contributed by atoms with E-state index < -0.39 is 0 Å². The molecule has 5 heteroatoms. The number of rotatable bonds is 6. The molecule has 160 valence electrons. The Morgan fingerprint density at radius 1 is 1.00 bits per heavy atom. The van der Waals surface area contributed by atoms with Gasteiger partial charge in [0.1, 0.15) is 0 Å². The van der Waals surface area contributed by atoms with Crippen LogP contribution in [0.3, 0.4) is 0 Å².